The van der Waals surface area contributed by atoms with Crippen LogP contribution in [0.15, 0.2) is 12.7 Å². The number of esters is 2. The Bertz CT molecular complexity index is 695. The van der Waals surface area contributed by atoms with E-state index in [0.29, 0.717) is 0 Å². The fourth-order valence-electron chi connectivity index (χ4n) is 2.18. The summed E-state index contributed by atoms with van der Waals surface area (Å²) >= 11 is 0. The van der Waals surface area contributed by atoms with Crippen molar-refractivity contribution in [2.24, 2.45) is 0 Å². The van der Waals surface area contributed by atoms with E-state index in [1.165, 1.54) is 21.1 Å². The van der Waals surface area contributed by atoms with Gasteiger partial charge in [0.15, 0.2) is 12.1 Å². The van der Waals surface area contributed by atoms with E-state index in [9.17, 15) is 24.3 Å². The highest BCUT2D eigenvalue weighted by molar-refractivity contribution is 5.82. The van der Waals surface area contributed by atoms with Gasteiger partial charge in [-0.1, -0.05) is 6.08 Å². The van der Waals surface area contributed by atoms with E-state index in [0.717, 1.165) is 0 Å². The number of ether oxygens (including phenoxy) is 5. The molecule has 0 saturated heterocycles. The molecule has 0 aromatic heterocycles. The zero-order valence-corrected chi connectivity index (χ0v) is 22.4. The number of alkyl carbamates (subject to hydrolysis) is 2. The summed E-state index contributed by atoms with van der Waals surface area (Å²) < 4.78 is 24.4. The molecule has 204 valence electrons. The molecule has 0 heterocycles. The predicted octanol–water partition coefficient (Wildman–Crippen LogP) is 2.08. The van der Waals surface area contributed by atoms with E-state index in [4.69, 9.17) is 14.2 Å². The van der Waals surface area contributed by atoms with E-state index < -0.39 is 59.6 Å². The van der Waals surface area contributed by atoms with Crippen LogP contribution in [0.5, 0.6) is 0 Å². The summed E-state index contributed by atoms with van der Waals surface area (Å²) in [4.78, 5) is 45.8. The predicted molar refractivity (Wildman–Crippen MR) is 128 cm³/mol. The van der Waals surface area contributed by atoms with E-state index in [2.05, 4.69) is 26.7 Å². The number of hydrogen-bond acceptors (Lipinski definition) is 10. The molecule has 2 amide bonds. The van der Waals surface area contributed by atoms with Crippen LogP contribution in [0, 0.1) is 0 Å². The van der Waals surface area contributed by atoms with Gasteiger partial charge in [-0.05, 0) is 55.4 Å². The molecule has 0 rings (SSSR count). The van der Waals surface area contributed by atoms with Gasteiger partial charge in [0.2, 0.25) is 0 Å². The molecule has 12 heteroatoms. The second-order valence-electron chi connectivity index (χ2n) is 9.36. The molecule has 0 aromatic carbocycles. The summed E-state index contributed by atoms with van der Waals surface area (Å²) in [5, 5.41) is 14.0. The van der Waals surface area contributed by atoms with Crippen LogP contribution in [0.1, 0.15) is 55.4 Å². The monoisotopic (exact) mass is 506 g/mol. The lowest BCUT2D eigenvalue weighted by Gasteiger charge is -2.25. The Hall–Kier alpha value is -2.86. The Labute approximate surface area is 207 Å². The summed E-state index contributed by atoms with van der Waals surface area (Å²) in [6, 6.07) is -2.06. The van der Waals surface area contributed by atoms with Gasteiger partial charge in [0, 0.05) is 0 Å². The van der Waals surface area contributed by atoms with E-state index >= 15 is 0 Å². The number of amides is 2. The lowest BCUT2D eigenvalue weighted by molar-refractivity contribution is -0.147. The number of aliphatic hydroxyl groups excluding tert-OH is 1. The average molecular weight is 507 g/mol. The van der Waals surface area contributed by atoms with Gasteiger partial charge in [-0.2, -0.15) is 0 Å². The van der Waals surface area contributed by atoms with Gasteiger partial charge in [-0.15, -0.1) is 6.58 Å². The number of nitrogens with one attached hydrogen (secondary N) is 2. The van der Waals surface area contributed by atoms with Gasteiger partial charge in [0.05, 0.1) is 33.0 Å². The lowest BCUT2D eigenvalue weighted by Crippen LogP contribution is -2.50. The number of carbonyl (C=O) groups excluding carboxylic acids is 4. The van der Waals surface area contributed by atoms with Gasteiger partial charge < -0.3 is 39.4 Å². The second kappa shape index (κ2) is 15.9. The zero-order valence-electron chi connectivity index (χ0n) is 22.4. The Kier molecular flexibility index (Phi) is 15.6. The number of carbonyl (C=O) groups is 4. The largest absolute Gasteiger partial charge is 0.467 e. The van der Waals surface area contributed by atoms with Crippen LogP contribution in [-0.2, 0) is 33.3 Å². The maximum atomic E-state index is 11.7. The molecule has 0 unspecified atom stereocenters. The topological polar surface area (TPSA) is 159 Å². The molecular formula is C23H42N2O10. The van der Waals surface area contributed by atoms with Crippen molar-refractivity contribution in [2.75, 3.05) is 20.8 Å². The highest BCUT2D eigenvalue weighted by Gasteiger charge is 2.30. The Morgan fingerprint density at radius 3 is 1.51 bits per heavy atom. The normalized spacial score (nSPS) is 14.5. The smallest absolute Gasteiger partial charge is 0.408 e. The summed E-state index contributed by atoms with van der Waals surface area (Å²) in [7, 11) is 2.42. The molecule has 0 spiro atoms. The molecule has 0 aromatic rings. The summed E-state index contributed by atoms with van der Waals surface area (Å²) in [6.07, 6.45) is -1.53. The summed E-state index contributed by atoms with van der Waals surface area (Å²) in [5.41, 5.74) is -1.31. The minimum absolute atomic E-state index is 0.269. The zero-order chi connectivity index (χ0) is 28.0. The lowest BCUT2D eigenvalue weighted by atomic mass is 10.2. The van der Waals surface area contributed by atoms with Crippen molar-refractivity contribution in [2.45, 2.75) is 90.9 Å². The van der Waals surface area contributed by atoms with Crippen molar-refractivity contribution >= 4 is 24.1 Å². The van der Waals surface area contributed by atoms with Gasteiger partial charge in [-0.3, -0.25) is 0 Å². The van der Waals surface area contributed by atoms with Crippen molar-refractivity contribution in [3.63, 3.8) is 0 Å². The quantitative estimate of drug-likeness (QED) is 0.240. The van der Waals surface area contributed by atoms with Crippen molar-refractivity contribution in [1.82, 2.24) is 10.6 Å². The summed E-state index contributed by atoms with van der Waals surface area (Å²) in [6.45, 7) is 17.1. The van der Waals surface area contributed by atoms with Gasteiger partial charge in [0.25, 0.3) is 0 Å². The molecule has 35 heavy (non-hydrogen) atoms. The van der Waals surface area contributed by atoms with Gasteiger partial charge in [-0.25, -0.2) is 19.2 Å². The third-order valence-electron chi connectivity index (χ3n) is 3.68. The SMILES string of the molecule is C=CCO[C@@H](C)[C@H](NC(=O)OC(C)(C)C)C(=O)OC.COC(=O)[C@@H](NC(=O)OC(C)(C)C)[C@H](C)O. The Balaban J connectivity index is 0. The number of aliphatic hydroxyl groups is 1. The molecule has 0 fully saturated rings. The summed E-state index contributed by atoms with van der Waals surface area (Å²) in [5.74, 6) is -1.32. The van der Waals surface area contributed by atoms with Crippen LogP contribution in [-0.4, -0.2) is 85.6 Å². The Morgan fingerprint density at radius 1 is 0.829 bits per heavy atom. The van der Waals surface area contributed by atoms with Crippen LogP contribution in [0.2, 0.25) is 0 Å². The molecule has 3 N–H and O–H groups in total. The van der Waals surface area contributed by atoms with Crippen LogP contribution < -0.4 is 10.6 Å². The van der Waals surface area contributed by atoms with Gasteiger partial charge >= 0.3 is 24.1 Å². The first kappa shape index (κ1) is 34.3. The van der Waals surface area contributed by atoms with Gasteiger partial charge in [0.1, 0.15) is 11.2 Å². The van der Waals surface area contributed by atoms with Crippen LogP contribution in [0.25, 0.3) is 0 Å². The fraction of sp³-hybridized carbons (Fsp3) is 0.739. The molecule has 0 radical (unpaired) electrons. The van der Waals surface area contributed by atoms with Crippen molar-refractivity contribution in [3.8, 4) is 0 Å². The number of rotatable bonds is 9. The minimum atomic E-state index is -1.13. The third kappa shape index (κ3) is 17.3. The maximum Gasteiger partial charge on any atom is 0.408 e. The average Bonchev–Trinajstić information content (AvgIpc) is 2.70. The molecule has 0 aliphatic carbocycles. The molecule has 0 saturated carbocycles. The van der Waals surface area contributed by atoms with Crippen molar-refractivity contribution in [1.29, 1.82) is 0 Å². The molecule has 4 atom stereocenters. The number of methoxy groups -OCH3 is 2. The molecule has 0 bridgehead atoms. The van der Waals surface area contributed by atoms with Crippen LogP contribution >= 0.6 is 0 Å². The highest BCUT2D eigenvalue weighted by Crippen LogP contribution is 2.09. The van der Waals surface area contributed by atoms with Crippen molar-refractivity contribution in [3.05, 3.63) is 12.7 Å². The molecular weight excluding hydrogens is 464 g/mol. The number of hydrogen-bond donors (Lipinski definition) is 3. The first-order valence-electron chi connectivity index (χ1n) is 10.9. The second-order valence-corrected chi connectivity index (χ2v) is 9.36. The first-order chi connectivity index (χ1) is 15.9. The molecule has 0 aliphatic heterocycles. The standard InChI is InChI=1S/C13H23NO5.C10H19NO5/c1-7-8-18-9(2)10(11(15)17-6)14-12(16)19-13(3,4)5;1-6(12)7(8(13)15-5)11-9(14)16-10(2,3)4/h7,9-10H,1,8H2,2-6H3,(H,14,16);6-7,12H,1-5H3,(H,11,14)/t9-,10-;6-,7-/m00/s1. The third-order valence-corrected chi connectivity index (χ3v) is 3.68. The van der Waals surface area contributed by atoms with Crippen LogP contribution in [0.4, 0.5) is 9.59 Å². The van der Waals surface area contributed by atoms with E-state index in [1.54, 1.807) is 54.5 Å². The van der Waals surface area contributed by atoms with E-state index in [1.807, 2.05) is 0 Å². The van der Waals surface area contributed by atoms with Crippen LogP contribution in [0.3, 0.4) is 0 Å². The van der Waals surface area contributed by atoms with Crippen molar-refractivity contribution < 1.29 is 48.0 Å². The molecule has 0 aliphatic rings. The molecule has 12 nitrogen and oxygen atoms in total. The Morgan fingerprint density at radius 2 is 1.20 bits per heavy atom. The van der Waals surface area contributed by atoms with E-state index in [-0.39, 0.29) is 6.61 Å². The maximum absolute atomic E-state index is 11.7. The minimum Gasteiger partial charge on any atom is -0.467 e. The first-order valence-corrected chi connectivity index (χ1v) is 10.9. The highest BCUT2D eigenvalue weighted by atomic mass is 16.6. The fourth-order valence-corrected chi connectivity index (χ4v) is 2.18.